The SMILES string of the molecule is COc1ccc(CN2[C@@H]3CN(Cc4ccc(Cl)c(F)c4)C[C@@H]3OCCS2(=O)=O)cc1. The Bertz CT molecular complexity index is 1000. The molecule has 0 aliphatic carbocycles. The number of ether oxygens (including phenoxy) is 2. The third-order valence-corrected chi connectivity index (χ3v) is 7.70. The maximum absolute atomic E-state index is 13.8. The van der Waals surface area contributed by atoms with Crippen molar-refractivity contribution in [3.05, 3.63) is 64.4 Å². The minimum absolute atomic E-state index is 0.0292. The number of hydrogen-bond acceptors (Lipinski definition) is 5. The number of sulfonamides is 1. The number of rotatable bonds is 5. The molecule has 2 aromatic rings. The second kappa shape index (κ2) is 8.80. The summed E-state index contributed by atoms with van der Waals surface area (Å²) in [4.78, 5) is 2.10. The van der Waals surface area contributed by atoms with Crippen LogP contribution in [0.25, 0.3) is 0 Å². The molecule has 2 aliphatic heterocycles. The minimum atomic E-state index is -3.46. The van der Waals surface area contributed by atoms with Crippen molar-refractivity contribution in [3.63, 3.8) is 0 Å². The van der Waals surface area contributed by atoms with Crippen molar-refractivity contribution in [2.45, 2.75) is 25.2 Å². The summed E-state index contributed by atoms with van der Waals surface area (Å²) in [7, 11) is -1.87. The molecular weight excluding hydrogens is 431 g/mol. The lowest BCUT2D eigenvalue weighted by molar-refractivity contribution is 0.0458. The summed E-state index contributed by atoms with van der Waals surface area (Å²) in [6.45, 7) is 2.06. The van der Waals surface area contributed by atoms with Crippen LogP contribution in [0.15, 0.2) is 42.5 Å². The van der Waals surface area contributed by atoms with Gasteiger partial charge in [0.1, 0.15) is 11.6 Å². The van der Waals surface area contributed by atoms with E-state index in [9.17, 15) is 12.8 Å². The fourth-order valence-electron chi connectivity index (χ4n) is 4.05. The Hall–Kier alpha value is -1.71. The number of benzene rings is 2. The smallest absolute Gasteiger partial charge is 0.217 e. The standard InChI is InChI=1S/C21H24ClFN2O4S/c1-28-17-5-2-15(3-6-17)12-25-20-13-24(11-16-4-7-18(22)19(23)10-16)14-21(20)29-8-9-30(25,26)27/h2-7,10,20-21H,8-9,11-14H2,1H3/t20-,21+/m1/s1. The molecule has 2 aromatic carbocycles. The van der Waals surface area contributed by atoms with E-state index >= 15 is 0 Å². The van der Waals surface area contributed by atoms with Gasteiger partial charge in [0.25, 0.3) is 0 Å². The first-order chi connectivity index (χ1) is 14.4. The number of fused-ring (bicyclic) bond motifs is 1. The first-order valence-electron chi connectivity index (χ1n) is 9.76. The Kier molecular flexibility index (Phi) is 6.31. The summed E-state index contributed by atoms with van der Waals surface area (Å²) in [6, 6.07) is 11.8. The normalized spacial score (nSPS) is 24.4. The number of hydrogen-bond donors (Lipinski definition) is 0. The molecule has 0 amide bonds. The van der Waals surface area contributed by atoms with Crippen LogP contribution in [0.5, 0.6) is 5.75 Å². The van der Waals surface area contributed by atoms with E-state index in [0.29, 0.717) is 19.6 Å². The number of likely N-dealkylation sites (tertiary alicyclic amines) is 1. The van der Waals surface area contributed by atoms with Crippen LogP contribution in [-0.2, 0) is 27.8 Å². The fraction of sp³-hybridized carbons (Fsp3) is 0.429. The second-order valence-electron chi connectivity index (χ2n) is 7.63. The van der Waals surface area contributed by atoms with Gasteiger partial charge in [0.05, 0.1) is 36.6 Å². The average molecular weight is 455 g/mol. The van der Waals surface area contributed by atoms with Gasteiger partial charge in [-0.3, -0.25) is 4.90 Å². The van der Waals surface area contributed by atoms with Crippen LogP contribution in [-0.4, -0.2) is 62.3 Å². The van der Waals surface area contributed by atoms with E-state index in [1.165, 1.54) is 12.1 Å². The molecule has 2 fully saturated rings. The lowest BCUT2D eigenvalue weighted by Crippen LogP contribution is -2.45. The summed E-state index contributed by atoms with van der Waals surface area (Å²) in [5.74, 6) is 0.238. The Labute approximate surface area is 181 Å². The minimum Gasteiger partial charge on any atom is -0.497 e. The molecule has 2 aliphatic rings. The predicted octanol–water partition coefficient (Wildman–Crippen LogP) is 2.90. The van der Waals surface area contributed by atoms with E-state index in [0.717, 1.165) is 16.9 Å². The summed E-state index contributed by atoms with van der Waals surface area (Å²) in [5.41, 5.74) is 1.68. The highest BCUT2D eigenvalue weighted by Gasteiger charge is 2.44. The Morgan fingerprint density at radius 2 is 1.87 bits per heavy atom. The molecule has 0 N–H and O–H groups in total. The molecule has 0 saturated carbocycles. The molecule has 0 unspecified atom stereocenters. The molecule has 6 nitrogen and oxygen atoms in total. The average Bonchev–Trinajstić information content (AvgIpc) is 3.06. The molecule has 162 valence electrons. The van der Waals surface area contributed by atoms with Crippen LogP contribution in [0.4, 0.5) is 4.39 Å². The maximum Gasteiger partial charge on any atom is 0.217 e. The molecule has 30 heavy (non-hydrogen) atoms. The highest BCUT2D eigenvalue weighted by Crippen LogP contribution is 2.29. The predicted molar refractivity (Wildman–Crippen MR) is 113 cm³/mol. The van der Waals surface area contributed by atoms with Crippen LogP contribution in [0.3, 0.4) is 0 Å². The highest BCUT2D eigenvalue weighted by molar-refractivity contribution is 7.89. The number of halogens is 2. The summed E-state index contributed by atoms with van der Waals surface area (Å²) in [6.07, 6.45) is -0.224. The molecule has 4 rings (SSSR count). The van der Waals surface area contributed by atoms with E-state index in [1.54, 1.807) is 17.5 Å². The van der Waals surface area contributed by atoms with Gasteiger partial charge in [-0.1, -0.05) is 29.8 Å². The number of nitrogens with zero attached hydrogens (tertiary/aromatic N) is 2. The van der Waals surface area contributed by atoms with E-state index in [4.69, 9.17) is 21.1 Å². The van der Waals surface area contributed by atoms with Crippen LogP contribution in [0.2, 0.25) is 5.02 Å². The second-order valence-corrected chi connectivity index (χ2v) is 10.1. The zero-order chi connectivity index (χ0) is 21.3. The zero-order valence-electron chi connectivity index (χ0n) is 16.6. The van der Waals surface area contributed by atoms with Gasteiger partial charge in [0.15, 0.2) is 0 Å². The largest absolute Gasteiger partial charge is 0.497 e. The summed E-state index contributed by atoms with van der Waals surface area (Å²) >= 11 is 5.77. The quantitative estimate of drug-likeness (QED) is 0.695. The van der Waals surface area contributed by atoms with Gasteiger partial charge in [0.2, 0.25) is 10.0 Å². The van der Waals surface area contributed by atoms with E-state index in [2.05, 4.69) is 4.90 Å². The first-order valence-corrected chi connectivity index (χ1v) is 11.7. The van der Waals surface area contributed by atoms with Crippen LogP contribution in [0.1, 0.15) is 11.1 Å². The number of methoxy groups -OCH3 is 1. The third-order valence-electron chi connectivity index (χ3n) is 5.60. The van der Waals surface area contributed by atoms with Crippen molar-refractivity contribution in [1.29, 1.82) is 0 Å². The topological polar surface area (TPSA) is 59.1 Å². The lowest BCUT2D eigenvalue weighted by atomic mass is 10.1. The molecule has 2 saturated heterocycles. The molecule has 9 heteroatoms. The van der Waals surface area contributed by atoms with Gasteiger partial charge in [-0.2, -0.15) is 4.31 Å². The molecule has 0 bridgehead atoms. The van der Waals surface area contributed by atoms with Crippen molar-refractivity contribution in [2.24, 2.45) is 0 Å². The summed E-state index contributed by atoms with van der Waals surface area (Å²) in [5, 5.41) is 0.0884. The van der Waals surface area contributed by atoms with Gasteiger partial charge in [-0.15, -0.1) is 0 Å². The van der Waals surface area contributed by atoms with Crippen molar-refractivity contribution in [2.75, 3.05) is 32.6 Å². The van der Waals surface area contributed by atoms with Gasteiger partial charge >= 0.3 is 0 Å². The van der Waals surface area contributed by atoms with Crippen LogP contribution in [0, 0.1) is 5.82 Å². The van der Waals surface area contributed by atoms with Crippen LogP contribution >= 0.6 is 11.6 Å². The summed E-state index contributed by atoms with van der Waals surface area (Å²) < 4.78 is 52.4. The molecule has 0 radical (unpaired) electrons. The first kappa shape index (κ1) is 21.5. The fourth-order valence-corrected chi connectivity index (χ4v) is 5.67. The van der Waals surface area contributed by atoms with Crippen molar-refractivity contribution in [1.82, 2.24) is 9.21 Å². The molecule has 2 heterocycles. The van der Waals surface area contributed by atoms with E-state index < -0.39 is 15.8 Å². The van der Waals surface area contributed by atoms with Crippen molar-refractivity contribution < 1.29 is 22.3 Å². The van der Waals surface area contributed by atoms with Crippen LogP contribution < -0.4 is 4.74 Å². The van der Waals surface area contributed by atoms with E-state index in [-0.39, 0.29) is 36.1 Å². The van der Waals surface area contributed by atoms with Crippen molar-refractivity contribution >= 4 is 21.6 Å². The van der Waals surface area contributed by atoms with Crippen molar-refractivity contribution in [3.8, 4) is 5.75 Å². The van der Waals surface area contributed by atoms with Gasteiger partial charge in [-0.05, 0) is 35.4 Å². The highest BCUT2D eigenvalue weighted by atomic mass is 35.5. The Morgan fingerprint density at radius 1 is 1.13 bits per heavy atom. The Morgan fingerprint density at radius 3 is 2.57 bits per heavy atom. The molecule has 0 aromatic heterocycles. The lowest BCUT2D eigenvalue weighted by Gasteiger charge is -2.28. The third kappa shape index (κ3) is 4.63. The van der Waals surface area contributed by atoms with E-state index in [1.807, 2.05) is 24.3 Å². The molecule has 2 atom stereocenters. The molecular formula is C21H24ClFN2O4S. The zero-order valence-corrected chi connectivity index (χ0v) is 18.2. The monoisotopic (exact) mass is 454 g/mol. The van der Waals surface area contributed by atoms with Gasteiger partial charge in [0, 0.05) is 26.2 Å². The molecule has 0 spiro atoms. The van der Waals surface area contributed by atoms with Gasteiger partial charge < -0.3 is 9.47 Å². The van der Waals surface area contributed by atoms with Gasteiger partial charge in [-0.25, -0.2) is 12.8 Å². The Balaban J connectivity index is 1.53. The maximum atomic E-state index is 13.8.